The number of carboxylic acids is 1. The van der Waals surface area contributed by atoms with E-state index in [4.69, 9.17) is 5.11 Å². The SMILES string of the molecule is CCc1cccc(CC(=O)N[C@H]2CC[C@@H](C(=O)O)C2)c1. The van der Waals surface area contributed by atoms with Crippen LogP contribution in [0.15, 0.2) is 24.3 Å². The number of carbonyl (C=O) groups is 2. The molecule has 2 N–H and O–H groups in total. The third kappa shape index (κ3) is 3.83. The van der Waals surface area contributed by atoms with E-state index in [0.717, 1.165) is 18.4 Å². The van der Waals surface area contributed by atoms with Crippen molar-refractivity contribution in [3.8, 4) is 0 Å². The average molecular weight is 275 g/mol. The first-order valence-electron chi connectivity index (χ1n) is 7.18. The van der Waals surface area contributed by atoms with Gasteiger partial charge in [0.1, 0.15) is 0 Å². The minimum atomic E-state index is -0.752. The molecule has 1 aromatic carbocycles. The number of carbonyl (C=O) groups excluding carboxylic acids is 1. The molecule has 1 saturated carbocycles. The fraction of sp³-hybridized carbons (Fsp3) is 0.500. The van der Waals surface area contributed by atoms with E-state index in [0.29, 0.717) is 19.3 Å². The number of hydrogen-bond donors (Lipinski definition) is 2. The van der Waals surface area contributed by atoms with Crippen LogP contribution in [0.1, 0.15) is 37.3 Å². The van der Waals surface area contributed by atoms with E-state index in [9.17, 15) is 9.59 Å². The molecule has 0 spiro atoms. The Balaban J connectivity index is 1.85. The lowest BCUT2D eigenvalue weighted by molar-refractivity contribution is -0.141. The first-order valence-corrected chi connectivity index (χ1v) is 7.18. The van der Waals surface area contributed by atoms with Gasteiger partial charge in [-0.05, 0) is 36.8 Å². The molecule has 0 unspecified atom stereocenters. The Morgan fingerprint density at radius 3 is 2.70 bits per heavy atom. The minimum absolute atomic E-state index is 0.0120. The zero-order valence-corrected chi connectivity index (χ0v) is 11.8. The predicted octanol–water partition coefficient (Wildman–Crippen LogP) is 2.16. The Labute approximate surface area is 119 Å². The fourth-order valence-electron chi connectivity index (χ4n) is 2.76. The smallest absolute Gasteiger partial charge is 0.306 e. The Morgan fingerprint density at radius 2 is 2.05 bits per heavy atom. The van der Waals surface area contributed by atoms with Gasteiger partial charge in [0.25, 0.3) is 0 Å². The normalized spacial score (nSPS) is 21.6. The van der Waals surface area contributed by atoms with E-state index in [-0.39, 0.29) is 17.9 Å². The van der Waals surface area contributed by atoms with Crippen molar-refractivity contribution in [1.82, 2.24) is 5.32 Å². The summed E-state index contributed by atoms with van der Waals surface area (Å²) >= 11 is 0. The van der Waals surface area contributed by atoms with Crippen molar-refractivity contribution >= 4 is 11.9 Å². The molecule has 0 aliphatic heterocycles. The van der Waals surface area contributed by atoms with Crippen molar-refractivity contribution in [2.45, 2.75) is 45.1 Å². The van der Waals surface area contributed by atoms with Crippen LogP contribution in [-0.2, 0) is 22.4 Å². The van der Waals surface area contributed by atoms with Gasteiger partial charge in [0.2, 0.25) is 5.91 Å². The molecule has 1 amide bonds. The molecule has 4 nitrogen and oxygen atoms in total. The van der Waals surface area contributed by atoms with E-state index < -0.39 is 5.97 Å². The summed E-state index contributed by atoms with van der Waals surface area (Å²) in [7, 11) is 0. The molecule has 4 heteroatoms. The molecule has 1 aliphatic carbocycles. The van der Waals surface area contributed by atoms with E-state index in [2.05, 4.69) is 18.3 Å². The molecule has 108 valence electrons. The maximum absolute atomic E-state index is 12.0. The quantitative estimate of drug-likeness (QED) is 0.865. The fourth-order valence-corrected chi connectivity index (χ4v) is 2.76. The minimum Gasteiger partial charge on any atom is -0.481 e. The van der Waals surface area contributed by atoms with Crippen molar-refractivity contribution in [3.05, 3.63) is 35.4 Å². The van der Waals surface area contributed by atoms with Crippen LogP contribution in [0.3, 0.4) is 0 Å². The van der Waals surface area contributed by atoms with Crippen LogP contribution in [0.4, 0.5) is 0 Å². The van der Waals surface area contributed by atoms with Crippen molar-refractivity contribution in [3.63, 3.8) is 0 Å². The van der Waals surface area contributed by atoms with Crippen LogP contribution >= 0.6 is 0 Å². The highest BCUT2D eigenvalue weighted by molar-refractivity contribution is 5.79. The van der Waals surface area contributed by atoms with Crippen LogP contribution in [0, 0.1) is 5.92 Å². The molecular formula is C16H21NO3. The van der Waals surface area contributed by atoms with Gasteiger partial charge in [0.05, 0.1) is 12.3 Å². The number of hydrogen-bond acceptors (Lipinski definition) is 2. The topological polar surface area (TPSA) is 66.4 Å². The van der Waals surface area contributed by atoms with Gasteiger partial charge in [-0.2, -0.15) is 0 Å². The van der Waals surface area contributed by atoms with Crippen molar-refractivity contribution in [2.24, 2.45) is 5.92 Å². The molecule has 0 bridgehead atoms. The second kappa shape index (κ2) is 6.55. The van der Waals surface area contributed by atoms with E-state index >= 15 is 0 Å². The first-order chi connectivity index (χ1) is 9.58. The lowest BCUT2D eigenvalue weighted by atomic mass is 10.1. The molecule has 20 heavy (non-hydrogen) atoms. The van der Waals surface area contributed by atoms with Gasteiger partial charge in [0.15, 0.2) is 0 Å². The van der Waals surface area contributed by atoms with Crippen LogP contribution in [0.25, 0.3) is 0 Å². The highest BCUT2D eigenvalue weighted by Crippen LogP contribution is 2.25. The van der Waals surface area contributed by atoms with Gasteiger partial charge in [0, 0.05) is 6.04 Å². The van der Waals surface area contributed by atoms with E-state index in [1.165, 1.54) is 5.56 Å². The molecule has 1 aromatic rings. The standard InChI is InChI=1S/C16H21NO3/c1-2-11-4-3-5-12(8-11)9-15(18)17-14-7-6-13(10-14)16(19)20/h3-5,8,13-14H,2,6-7,9-10H2,1H3,(H,17,18)(H,19,20)/t13-,14+/m1/s1. The lowest BCUT2D eigenvalue weighted by Gasteiger charge is -2.12. The monoisotopic (exact) mass is 275 g/mol. The third-order valence-corrected chi connectivity index (χ3v) is 3.91. The number of nitrogens with one attached hydrogen (secondary N) is 1. The van der Waals surface area contributed by atoms with Crippen LogP contribution in [-0.4, -0.2) is 23.0 Å². The van der Waals surface area contributed by atoms with Gasteiger partial charge in [-0.1, -0.05) is 31.2 Å². The maximum Gasteiger partial charge on any atom is 0.306 e. The van der Waals surface area contributed by atoms with Crippen LogP contribution in [0.5, 0.6) is 0 Å². The number of amides is 1. The van der Waals surface area contributed by atoms with Crippen LogP contribution in [0.2, 0.25) is 0 Å². The first kappa shape index (κ1) is 14.6. The summed E-state index contributed by atoms with van der Waals surface area (Å²) in [5.74, 6) is -1.07. The Bertz CT molecular complexity index is 498. The number of carboxylic acid groups (broad SMARTS) is 1. The van der Waals surface area contributed by atoms with Gasteiger partial charge in [-0.25, -0.2) is 0 Å². The van der Waals surface area contributed by atoms with Crippen molar-refractivity contribution in [2.75, 3.05) is 0 Å². The van der Waals surface area contributed by atoms with Gasteiger partial charge >= 0.3 is 5.97 Å². The molecule has 0 aromatic heterocycles. The van der Waals surface area contributed by atoms with Crippen molar-refractivity contribution in [1.29, 1.82) is 0 Å². The highest BCUT2D eigenvalue weighted by atomic mass is 16.4. The second-order valence-electron chi connectivity index (χ2n) is 5.46. The maximum atomic E-state index is 12.0. The van der Waals surface area contributed by atoms with Crippen molar-refractivity contribution < 1.29 is 14.7 Å². The molecular weight excluding hydrogens is 254 g/mol. The number of aliphatic carboxylic acids is 1. The Kier molecular flexibility index (Phi) is 4.77. The van der Waals surface area contributed by atoms with E-state index in [1.54, 1.807) is 0 Å². The summed E-state index contributed by atoms with van der Waals surface area (Å²) in [5, 5.41) is 11.9. The average Bonchev–Trinajstić information content (AvgIpc) is 2.87. The summed E-state index contributed by atoms with van der Waals surface area (Å²) in [4.78, 5) is 22.9. The second-order valence-corrected chi connectivity index (χ2v) is 5.46. The molecule has 2 rings (SSSR count). The van der Waals surface area contributed by atoms with Gasteiger partial charge < -0.3 is 10.4 Å². The highest BCUT2D eigenvalue weighted by Gasteiger charge is 2.30. The van der Waals surface area contributed by atoms with Crippen LogP contribution < -0.4 is 5.32 Å². The molecule has 0 heterocycles. The molecule has 1 aliphatic rings. The summed E-state index contributed by atoms with van der Waals surface area (Å²) in [6.45, 7) is 2.09. The summed E-state index contributed by atoms with van der Waals surface area (Å²) < 4.78 is 0. The Morgan fingerprint density at radius 1 is 1.30 bits per heavy atom. The number of rotatable bonds is 5. The number of aryl methyl sites for hydroxylation is 1. The number of benzene rings is 1. The largest absolute Gasteiger partial charge is 0.481 e. The molecule has 0 radical (unpaired) electrons. The zero-order chi connectivity index (χ0) is 14.5. The summed E-state index contributed by atoms with van der Waals surface area (Å²) in [6.07, 6.45) is 3.29. The molecule has 0 saturated heterocycles. The molecule has 2 atom stereocenters. The summed E-state index contributed by atoms with van der Waals surface area (Å²) in [6, 6.07) is 8.03. The summed E-state index contributed by atoms with van der Waals surface area (Å²) in [5.41, 5.74) is 2.23. The van der Waals surface area contributed by atoms with Gasteiger partial charge in [-0.15, -0.1) is 0 Å². The third-order valence-electron chi connectivity index (χ3n) is 3.91. The van der Waals surface area contributed by atoms with Gasteiger partial charge in [-0.3, -0.25) is 9.59 Å². The zero-order valence-electron chi connectivity index (χ0n) is 11.8. The van der Waals surface area contributed by atoms with E-state index in [1.807, 2.05) is 18.2 Å². The Hall–Kier alpha value is -1.84. The predicted molar refractivity (Wildman–Crippen MR) is 76.4 cm³/mol. The lowest BCUT2D eigenvalue weighted by Crippen LogP contribution is -2.34. The molecule has 1 fully saturated rings.